The number of rotatable bonds is 5. The maximum Gasteiger partial charge on any atom is 0.269 e. The van der Waals surface area contributed by atoms with Gasteiger partial charge in [-0.05, 0) is 48.7 Å². The van der Waals surface area contributed by atoms with Gasteiger partial charge in [0.25, 0.3) is 5.91 Å². The summed E-state index contributed by atoms with van der Waals surface area (Å²) in [5, 5.41) is 22.9. The fraction of sp³-hybridized carbons (Fsp3) is 0.261. The van der Waals surface area contributed by atoms with E-state index in [4.69, 9.17) is 0 Å². The molecule has 3 N–H and O–H groups in total. The van der Waals surface area contributed by atoms with Crippen LogP contribution in [0.15, 0.2) is 54.6 Å². The Balaban J connectivity index is 1.22. The number of halogens is 1. The molecule has 3 aliphatic rings. The minimum Gasteiger partial charge on any atom is -0.355 e. The van der Waals surface area contributed by atoms with E-state index in [-0.39, 0.29) is 17.3 Å². The number of hydrogen-bond acceptors (Lipinski definition) is 5. The number of piperidine rings is 2. The molecule has 8 heteroatoms. The standard InChI is InChI=1S/C23H19FN6O/c24-13-5-7-14(8-6-13)26-17-4-2-1-3-15(17)18-9-19(29-28-18)22(31)27-23-10-16-20(23)21(16)30(11-23)12-25/h1-9,16,20-21,26H,10-11H2,(H,27,31)(H,28,29)/t16?,20?,21?,23-/m0/s1. The quantitative estimate of drug-likeness (QED) is 0.557. The predicted octanol–water partition coefficient (Wildman–Crippen LogP) is 3.24. The number of amides is 1. The minimum atomic E-state index is -0.295. The molecule has 2 heterocycles. The van der Waals surface area contributed by atoms with Crippen molar-refractivity contribution in [1.29, 1.82) is 5.26 Å². The average molecular weight is 414 g/mol. The number of carbonyl (C=O) groups excluding carboxylic acids is 1. The van der Waals surface area contributed by atoms with Crippen LogP contribution >= 0.6 is 0 Å². The zero-order chi connectivity index (χ0) is 21.2. The largest absolute Gasteiger partial charge is 0.355 e. The molecular weight excluding hydrogens is 395 g/mol. The molecule has 4 atom stereocenters. The first-order valence-corrected chi connectivity index (χ1v) is 10.2. The van der Waals surface area contributed by atoms with Crippen molar-refractivity contribution in [2.75, 3.05) is 11.9 Å². The fourth-order valence-corrected chi connectivity index (χ4v) is 5.39. The Morgan fingerprint density at radius 2 is 2.06 bits per heavy atom. The third-order valence-corrected chi connectivity index (χ3v) is 6.82. The van der Waals surface area contributed by atoms with Crippen LogP contribution in [0.3, 0.4) is 0 Å². The lowest BCUT2D eigenvalue weighted by atomic mass is 9.76. The molecule has 0 bridgehead atoms. The number of nitrogens with one attached hydrogen (secondary N) is 3. The molecule has 0 radical (unpaired) electrons. The van der Waals surface area contributed by atoms with E-state index in [9.17, 15) is 14.4 Å². The molecule has 0 spiro atoms. The molecule has 2 saturated carbocycles. The molecular formula is C23H19FN6O. The van der Waals surface area contributed by atoms with Gasteiger partial charge in [-0.3, -0.25) is 9.89 Å². The molecule has 1 amide bonds. The van der Waals surface area contributed by atoms with Crippen LogP contribution < -0.4 is 10.6 Å². The van der Waals surface area contributed by atoms with Crippen molar-refractivity contribution in [2.45, 2.75) is 18.0 Å². The summed E-state index contributed by atoms with van der Waals surface area (Å²) in [4.78, 5) is 14.7. The van der Waals surface area contributed by atoms with Gasteiger partial charge in [0.2, 0.25) is 0 Å². The molecule has 1 saturated heterocycles. The van der Waals surface area contributed by atoms with E-state index in [1.54, 1.807) is 23.1 Å². The maximum atomic E-state index is 13.2. The van der Waals surface area contributed by atoms with Gasteiger partial charge in [0.15, 0.2) is 6.19 Å². The van der Waals surface area contributed by atoms with Crippen molar-refractivity contribution < 1.29 is 9.18 Å². The number of hydrogen-bond donors (Lipinski definition) is 3. The van der Waals surface area contributed by atoms with Crippen molar-refractivity contribution in [3.05, 3.63) is 66.1 Å². The van der Waals surface area contributed by atoms with Crippen LogP contribution in [0.2, 0.25) is 0 Å². The fourth-order valence-electron chi connectivity index (χ4n) is 5.39. The van der Waals surface area contributed by atoms with Gasteiger partial charge < -0.3 is 15.5 Å². The van der Waals surface area contributed by atoms with Crippen molar-refractivity contribution in [1.82, 2.24) is 20.4 Å². The van der Waals surface area contributed by atoms with E-state index in [0.29, 0.717) is 35.8 Å². The van der Waals surface area contributed by atoms with Gasteiger partial charge in [0, 0.05) is 28.9 Å². The van der Waals surface area contributed by atoms with Gasteiger partial charge in [-0.25, -0.2) is 4.39 Å². The van der Waals surface area contributed by atoms with Crippen LogP contribution in [0.4, 0.5) is 15.8 Å². The second-order valence-corrected chi connectivity index (χ2v) is 8.57. The van der Waals surface area contributed by atoms with E-state index in [1.807, 2.05) is 24.3 Å². The van der Waals surface area contributed by atoms with Gasteiger partial charge in [-0.1, -0.05) is 18.2 Å². The van der Waals surface area contributed by atoms with Gasteiger partial charge in [0.05, 0.1) is 17.8 Å². The molecule has 6 rings (SSSR count). The number of fused-ring (bicyclic) bond motifs is 1. The lowest BCUT2D eigenvalue weighted by Gasteiger charge is -2.42. The van der Waals surface area contributed by atoms with Crippen molar-refractivity contribution in [3.8, 4) is 17.5 Å². The van der Waals surface area contributed by atoms with Crippen LogP contribution in [0.5, 0.6) is 0 Å². The van der Waals surface area contributed by atoms with E-state index in [2.05, 4.69) is 27.0 Å². The Labute approximate surface area is 177 Å². The number of likely N-dealkylation sites (tertiary alicyclic amines) is 1. The summed E-state index contributed by atoms with van der Waals surface area (Å²) in [6, 6.07) is 15.8. The topological polar surface area (TPSA) is 96.8 Å². The minimum absolute atomic E-state index is 0.202. The number of aromatic amines is 1. The zero-order valence-electron chi connectivity index (χ0n) is 16.5. The summed E-state index contributed by atoms with van der Waals surface area (Å²) in [6.45, 7) is 0.590. The Morgan fingerprint density at radius 1 is 1.26 bits per heavy atom. The predicted molar refractivity (Wildman–Crippen MR) is 112 cm³/mol. The van der Waals surface area contributed by atoms with Crippen LogP contribution in [0, 0.1) is 29.1 Å². The first-order valence-electron chi connectivity index (χ1n) is 10.2. The number of H-pyrrole nitrogens is 1. The van der Waals surface area contributed by atoms with Gasteiger partial charge in [-0.2, -0.15) is 10.4 Å². The smallest absolute Gasteiger partial charge is 0.269 e. The second-order valence-electron chi connectivity index (χ2n) is 8.57. The highest BCUT2D eigenvalue weighted by molar-refractivity contribution is 5.95. The Hall–Kier alpha value is -3.86. The molecule has 3 unspecified atom stereocenters. The summed E-state index contributed by atoms with van der Waals surface area (Å²) in [5.41, 5.74) is 3.11. The Morgan fingerprint density at radius 3 is 2.84 bits per heavy atom. The highest BCUT2D eigenvalue weighted by Crippen LogP contribution is 2.69. The molecule has 31 heavy (non-hydrogen) atoms. The number of para-hydroxylation sites is 1. The van der Waals surface area contributed by atoms with Gasteiger partial charge in [-0.15, -0.1) is 0 Å². The van der Waals surface area contributed by atoms with Gasteiger partial charge in [0.1, 0.15) is 11.5 Å². The number of nitriles is 1. The number of aromatic nitrogens is 2. The summed E-state index contributed by atoms with van der Waals surface area (Å²) in [6.07, 6.45) is 3.19. The van der Waals surface area contributed by atoms with Crippen LogP contribution in [0.25, 0.3) is 11.3 Å². The van der Waals surface area contributed by atoms with Crippen LogP contribution in [-0.2, 0) is 0 Å². The number of carbonyl (C=O) groups is 1. The molecule has 1 aromatic heterocycles. The maximum absolute atomic E-state index is 13.2. The van der Waals surface area contributed by atoms with E-state index < -0.39 is 0 Å². The van der Waals surface area contributed by atoms with Crippen LogP contribution in [0.1, 0.15) is 16.9 Å². The monoisotopic (exact) mass is 414 g/mol. The van der Waals surface area contributed by atoms with Crippen molar-refractivity contribution >= 4 is 17.3 Å². The van der Waals surface area contributed by atoms with Crippen LogP contribution in [-0.4, -0.2) is 39.1 Å². The molecule has 3 fully saturated rings. The third-order valence-electron chi connectivity index (χ3n) is 6.82. The Bertz CT molecular complexity index is 1230. The van der Waals surface area contributed by atoms with E-state index in [0.717, 1.165) is 23.4 Å². The van der Waals surface area contributed by atoms with E-state index >= 15 is 0 Å². The normalized spacial score (nSPS) is 27.1. The zero-order valence-corrected chi connectivity index (χ0v) is 16.5. The Kier molecular flexibility index (Phi) is 3.66. The molecule has 154 valence electrons. The lowest BCUT2D eigenvalue weighted by molar-refractivity contribution is 0.0765. The van der Waals surface area contributed by atoms with Crippen molar-refractivity contribution in [3.63, 3.8) is 0 Å². The average Bonchev–Trinajstić information content (AvgIpc) is 3.08. The third kappa shape index (κ3) is 2.70. The van der Waals surface area contributed by atoms with Gasteiger partial charge >= 0.3 is 0 Å². The molecule has 7 nitrogen and oxygen atoms in total. The summed E-state index contributed by atoms with van der Waals surface area (Å²) >= 11 is 0. The van der Waals surface area contributed by atoms with Crippen molar-refractivity contribution in [2.24, 2.45) is 11.8 Å². The molecule has 2 aromatic carbocycles. The number of nitrogens with zero attached hydrogens (tertiary/aromatic N) is 3. The summed E-state index contributed by atoms with van der Waals surface area (Å²) in [7, 11) is 0. The first-order chi connectivity index (χ1) is 15.1. The van der Waals surface area contributed by atoms with E-state index in [1.165, 1.54) is 12.1 Å². The highest BCUT2D eigenvalue weighted by atomic mass is 19.1. The molecule has 3 aromatic rings. The number of anilines is 2. The number of benzene rings is 2. The first kappa shape index (κ1) is 18.0. The lowest BCUT2D eigenvalue weighted by Crippen LogP contribution is -2.59. The second kappa shape index (κ2) is 6.32. The highest BCUT2D eigenvalue weighted by Gasteiger charge is 2.79. The summed E-state index contributed by atoms with van der Waals surface area (Å²) in [5.74, 6) is 0.456. The molecule has 2 aliphatic carbocycles. The molecule has 1 aliphatic heterocycles. The SMILES string of the molecule is N#CN1C[C@@]2(NC(=O)c3cc(-c4ccccc4Nc4ccc(F)cc4)n[nH]3)CC3C1C32. The summed E-state index contributed by atoms with van der Waals surface area (Å²) < 4.78 is 13.2.